The Balaban J connectivity index is 2.51. The number of nitrogens with zero attached hydrogens (tertiary/aromatic N) is 2. The molecular formula is C12H17N3OS2. The Labute approximate surface area is 115 Å². The third-order valence-electron chi connectivity index (χ3n) is 2.46. The molecule has 0 saturated carbocycles. The zero-order valence-corrected chi connectivity index (χ0v) is 12.7. The lowest BCUT2D eigenvalue weighted by molar-refractivity contribution is 0.552. The number of thiazole rings is 1. The largest absolute Gasteiger partial charge is 0.408 e. The number of nitrogens with one attached hydrogen (secondary N) is 1. The summed E-state index contributed by atoms with van der Waals surface area (Å²) in [4.78, 5) is 6.03. The van der Waals surface area contributed by atoms with E-state index in [4.69, 9.17) is 21.6 Å². The second-order valence-electron chi connectivity index (χ2n) is 5.21. The van der Waals surface area contributed by atoms with Crippen molar-refractivity contribution in [2.75, 3.05) is 0 Å². The van der Waals surface area contributed by atoms with Crippen LogP contribution in [0.4, 0.5) is 0 Å². The van der Waals surface area contributed by atoms with Crippen molar-refractivity contribution in [1.82, 2.24) is 15.2 Å². The molecule has 0 aromatic carbocycles. The molecule has 0 fully saturated rings. The Kier molecular flexibility index (Phi) is 3.68. The first-order valence-electron chi connectivity index (χ1n) is 5.98. The zero-order chi connectivity index (χ0) is 13.3. The molecular weight excluding hydrogens is 266 g/mol. The van der Waals surface area contributed by atoms with Gasteiger partial charge in [-0.1, -0.05) is 34.1 Å². The fourth-order valence-corrected chi connectivity index (χ4v) is 2.79. The van der Waals surface area contributed by atoms with Crippen molar-refractivity contribution in [2.24, 2.45) is 0 Å². The summed E-state index contributed by atoms with van der Waals surface area (Å²) in [6.07, 6.45) is 1.97. The first-order chi connectivity index (χ1) is 8.41. The molecule has 0 radical (unpaired) electrons. The van der Waals surface area contributed by atoms with Crippen molar-refractivity contribution in [3.05, 3.63) is 15.5 Å². The average Bonchev–Trinajstić information content (AvgIpc) is 2.84. The predicted molar refractivity (Wildman–Crippen MR) is 75.5 cm³/mol. The number of aromatic nitrogens is 3. The van der Waals surface area contributed by atoms with Crippen molar-refractivity contribution in [3.8, 4) is 10.8 Å². The Morgan fingerprint density at radius 2 is 2.11 bits per heavy atom. The smallest absolute Gasteiger partial charge is 0.284 e. The molecule has 2 aromatic heterocycles. The number of H-pyrrole nitrogens is 1. The molecule has 2 aromatic rings. The summed E-state index contributed by atoms with van der Waals surface area (Å²) in [6, 6.07) is 0. The molecule has 0 spiro atoms. The molecule has 0 aliphatic carbocycles. The highest BCUT2D eigenvalue weighted by Gasteiger charge is 2.23. The van der Waals surface area contributed by atoms with Gasteiger partial charge in [-0.15, -0.1) is 16.4 Å². The highest BCUT2D eigenvalue weighted by molar-refractivity contribution is 7.71. The number of aryl methyl sites for hydroxylation is 1. The maximum Gasteiger partial charge on any atom is 0.284 e. The molecule has 0 unspecified atom stereocenters. The van der Waals surface area contributed by atoms with Crippen LogP contribution >= 0.6 is 23.6 Å². The SMILES string of the molecule is CCCc1nc(C(C)(C)C)sc1-c1n[nH]c(=S)o1. The molecule has 18 heavy (non-hydrogen) atoms. The zero-order valence-electron chi connectivity index (χ0n) is 11.0. The van der Waals surface area contributed by atoms with Gasteiger partial charge < -0.3 is 4.42 Å². The van der Waals surface area contributed by atoms with Crippen LogP contribution in [-0.4, -0.2) is 15.2 Å². The van der Waals surface area contributed by atoms with Crippen LogP contribution in [0.5, 0.6) is 0 Å². The molecule has 0 aliphatic rings. The molecule has 6 heteroatoms. The molecule has 0 atom stereocenters. The first kappa shape index (κ1) is 13.4. The standard InChI is InChI=1S/C12H17N3OS2/c1-5-6-7-8(9-14-15-11(17)16-9)18-10(13-7)12(2,3)4/h5-6H2,1-4H3,(H,15,17). The van der Waals surface area contributed by atoms with Gasteiger partial charge in [-0.3, -0.25) is 0 Å². The van der Waals surface area contributed by atoms with Crippen LogP contribution in [0.1, 0.15) is 44.8 Å². The van der Waals surface area contributed by atoms with Crippen LogP contribution in [-0.2, 0) is 11.8 Å². The van der Waals surface area contributed by atoms with E-state index in [9.17, 15) is 0 Å². The lowest BCUT2D eigenvalue weighted by Gasteiger charge is -2.13. The van der Waals surface area contributed by atoms with Crippen LogP contribution in [0, 0.1) is 4.84 Å². The highest BCUT2D eigenvalue weighted by Crippen LogP contribution is 2.35. The molecule has 0 saturated heterocycles. The molecule has 0 aliphatic heterocycles. The fourth-order valence-electron chi connectivity index (χ4n) is 1.57. The molecule has 0 bridgehead atoms. The van der Waals surface area contributed by atoms with Gasteiger partial charge in [0.15, 0.2) is 0 Å². The van der Waals surface area contributed by atoms with Crippen LogP contribution < -0.4 is 0 Å². The Hall–Kier alpha value is -1.01. The summed E-state index contributed by atoms with van der Waals surface area (Å²) < 4.78 is 5.40. The topological polar surface area (TPSA) is 54.7 Å². The van der Waals surface area contributed by atoms with E-state index in [0.29, 0.717) is 10.7 Å². The lowest BCUT2D eigenvalue weighted by atomic mass is 9.98. The number of rotatable bonds is 3. The molecule has 0 amide bonds. The monoisotopic (exact) mass is 283 g/mol. The molecule has 1 N–H and O–H groups in total. The minimum absolute atomic E-state index is 0.0402. The van der Waals surface area contributed by atoms with Gasteiger partial charge in [0, 0.05) is 5.41 Å². The van der Waals surface area contributed by atoms with E-state index in [-0.39, 0.29) is 5.41 Å². The van der Waals surface area contributed by atoms with Gasteiger partial charge in [-0.25, -0.2) is 10.1 Å². The van der Waals surface area contributed by atoms with Crippen molar-refractivity contribution in [3.63, 3.8) is 0 Å². The van der Waals surface area contributed by atoms with Gasteiger partial charge in [0.1, 0.15) is 4.88 Å². The summed E-state index contributed by atoms with van der Waals surface area (Å²) >= 11 is 6.56. The van der Waals surface area contributed by atoms with Crippen LogP contribution in [0.25, 0.3) is 10.8 Å². The first-order valence-corrected chi connectivity index (χ1v) is 7.20. The fraction of sp³-hybridized carbons (Fsp3) is 0.583. The normalized spacial score (nSPS) is 12.0. The minimum Gasteiger partial charge on any atom is -0.408 e. The second kappa shape index (κ2) is 4.93. The third kappa shape index (κ3) is 2.70. The molecule has 98 valence electrons. The minimum atomic E-state index is 0.0402. The maximum atomic E-state index is 5.40. The van der Waals surface area contributed by atoms with Crippen molar-refractivity contribution in [2.45, 2.75) is 46.0 Å². The number of hydrogen-bond donors (Lipinski definition) is 1. The summed E-state index contributed by atoms with van der Waals surface area (Å²) in [7, 11) is 0. The van der Waals surface area contributed by atoms with E-state index in [0.717, 1.165) is 28.4 Å². The number of hydrogen-bond acceptors (Lipinski definition) is 5. The van der Waals surface area contributed by atoms with Crippen molar-refractivity contribution >= 4 is 23.6 Å². The van der Waals surface area contributed by atoms with Gasteiger partial charge in [0.05, 0.1) is 10.7 Å². The van der Waals surface area contributed by atoms with Gasteiger partial charge in [0.2, 0.25) is 0 Å². The molecule has 4 nitrogen and oxygen atoms in total. The van der Waals surface area contributed by atoms with E-state index in [2.05, 4.69) is 37.9 Å². The highest BCUT2D eigenvalue weighted by atomic mass is 32.1. The van der Waals surface area contributed by atoms with Crippen LogP contribution in [0.3, 0.4) is 0 Å². The average molecular weight is 283 g/mol. The van der Waals surface area contributed by atoms with E-state index >= 15 is 0 Å². The predicted octanol–water partition coefficient (Wildman–Crippen LogP) is 4.11. The summed E-state index contributed by atoms with van der Waals surface area (Å²) in [5.74, 6) is 0.552. The third-order valence-corrected chi connectivity index (χ3v) is 4.14. The lowest BCUT2D eigenvalue weighted by Crippen LogP contribution is -2.10. The molecule has 2 heterocycles. The number of aromatic amines is 1. The van der Waals surface area contributed by atoms with E-state index in [1.54, 1.807) is 11.3 Å². The summed E-state index contributed by atoms with van der Waals surface area (Å²) in [5.41, 5.74) is 1.09. The van der Waals surface area contributed by atoms with Gasteiger partial charge in [-0.2, -0.15) is 0 Å². The van der Waals surface area contributed by atoms with Crippen LogP contribution in [0.15, 0.2) is 4.42 Å². The van der Waals surface area contributed by atoms with E-state index < -0.39 is 0 Å². The van der Waals surface area contributed by atoms with E-state index in [1.165, 1.54) is 0 Å². The van der Waals surface area contributed by atoms with Gasteiger partial charge in [0.25, 0.3) is 10.7 Å². The summed E-state index contributed by atoms with van der Waals surface area (Å²) in [6.45, 7) is 8.61. The second-order valence-corrected chi connectivity index (χ2v) is 6.58. The Morgan fingerprint density at radius 3 is 2.61 bits per heavy atom. The van der Waals surface area contributed by atoms with E-state index in [1.807, 2.05) is 0 Å². The quantitative estimate of drug-likeness (QED) is 0.861. The molecule has 2 rings (SSSR count). The summed E-state index contributed by atoms with van der Waals surface area (Å²) in [5, 5.41) is 7.86. The maximum absolute atomic E-state index is 5.40. The van der Waals surface area contributed by atoms with Gasteiger partial charge in [-0.05, 0) is 18.6 Å². The van der Waals surface area contributed by atoms with Gasteiger partial charge >= 0.3 is 0 Å². The van der Waals surface area contributed by atoms with Crippen molar-refractivity contribution < 1.29 is 4.42 Å². The Morgan fingerprint density at radius 1 is 1.39 bits per heavy atom. The Bertz CT molecular complexity index is 589. The van der Waals surface area contributed by atoms with Crippen molar-refractivity contribution in [1.29, 1.82) is 0 Å². The van der Waals surface area contributed by atoms with Crippen LogP contribution in [0.2, 0.25) is 0 Å².